The third-order valence-electron chi connectivity index (χ3n) is 7.31. The molecule has 0 spiro atoms. The monoisotopic (exact) mass is 746 g/mol. The van der Waals surface area contributed by atoms with E-state index < -0.39 is 0 Å². The van der Waals surface area contributed by atoms with Gasteiger partial charge < -0.3 is 17.7 Å². The molecular formula is C42H62N6O4S. The SMILES string of the molecule is CC(C)c1cnc(-c2ccccc2)o1.CCc1ncc(C(C)C)o1.Cc1ncc(C(C)(C)C)o1.Cc1ncc(C(C)(C)C)s1.Cc1nnc(C(C)C)o1. The molecule has 0 unspecified atom stereocenters. The van der Waals surface area contributed by atoms with Gasteiger partial charge in [0, 0.05) is 60.1 Å². The van der Waals surface area contributed by atoms with Gasteiger partial charge in [0.1, 0.15) is 17.3 Å². The molecule has 0 aliphatic rings. The average Bonchev–Trinajstić information content (AvgIpc) is 3.92. The molecule has 0 atom stereocenters. The Bertz CT molecular complexity index is 1810. The molecule has 0 bridgehead atoms. The molecule has 1 aromatic carbocycles. The highest BCUT2D eigenvalue weighted by atomic mass is 32.1. The molecule has 11 heteroatoms. The first-order valence-corrected chi connectivity index (χ1v) is 19.1. The summed E-state index contributed by atoms with van der Waals surface area (Å²) in [4.78, 5) is 17.9. The van der Waals surface area contributed by atoms with E-state index in [4.69, 9.17) is 17.7 Å². The third kappa shape index (κ3) is 16.0. The minimum Gasteiger partial charge on any atom is -0.445 e. The molecule has 0 saturated heterocycles. The molecule has 0 amide bonds. The molecule has 10 nitrogen and oxygen atoms in total. The minimum atomic E-state index is 0.0846. The summed E-state index contributed by atoms with van der Waals surface area (Å²) in [5, 5.41) is 8.68. The summed E-state index contributed by atoms with van der Waals surface area (Å²) in [6, 6.07) is 9.94. The lowest BCUT2D eigenvalue weighted by molar-refractivity contribution is 0.392. The molecule has 0 aliphatic heterocycles. The van der Waals surface area contributed by atoms with Gasteiger partial charge in [-0.1, -0.05) is 108 Å². The maximum absolute atomic E-state index is 5.62. The Morgan fingerprint density at radius 2 is 1.21 bits per heavy atom. The fourth-order valence-electron chi connectivity index (χ4n) is 3.98. The number of oxazole rings is 3. The molecule has 0 aliphatic carbocycles. The van der Waals surface area contributed by atoms with Gasteiger partial charge in [0.25, 0.3) is 0 Å². The van der Waals surface area contributed by atoms with Crippen molar-refractivity contribution in [2.45, 2.75) is 146 Å². The van der Waals surface area contributed by atoms with Gasteiger partial charge in [-0.3, -0.25) is 0 Å². The Hall–Kier alpha value is -4.38. The predicted octanol–water partition coefficient (Wildman–Crippen LogP) is 12.4. The van der Waals surface area contributed by atoms with Crippen LogP contribution in [0, 0.1) is 20.8 Å². The number of rotatable bonds is 5. The van der Waals surface area contributed by atoms with Crippen molar-refractivity contribution in [1.82, 2.24) is 30.1 Å². The van der Waals surface area contributed by atoms with Gasteiger partial charge in [-0.25, -0.2) is 19.9 Å². The number of nitrogens with zero attached hydrogens (tertiary/aromatic N) is 6. The van der Waals surface area contributed by atoms with Crippen LogP contribution in [0.3, 0.4) is 0 Å². The van der Waals surface area contributed by atoms with E-state index in [1.807, 2.05) is 77.3 Å². The summed E-state index contributed by atoms with van der Waals surface area (Å²) in [7, 11) is 0. The second-order valence-corrected chi connectivity index (χ2v) is 16.8. The van der Waals surface area contributed by atoms with E-state index in [-0.39, 0.29) is 10.8 Å². The Labute approximate surface area is 321 Å². The Kier molecular flexibility index (Phi) is 17.5. The highest BCUT2D eigenvalue weighted by Crippen LogP contribution is 2.27. The van der Waals surface area contributed by atoms with E-state index in [9.17, 15) is 0 Å². The van der Waals surface area contributed by atoms with Gasteiger partial charge in [0.15, 0.2) is 11.8 Å². The van der Waals surface area contributed by atoms with E-state index in [0.717, 1.165) is 46.1 Å². The first-order valence-electron chi connectivity index (χ1n) is 18.3. The summed E-state index contributed by atoms with van der Waals surface area (Å²) in [6.45, 7) is 33.1. The largest absolute Gasteiger partial charge is 0.445 e. The minimum absolute atomic E-state index is 0.0846. The first kappa shape index (κ1) is 44.8. The van der Waals surface area contributed by atoms with Crippen LogP contribution in [0.15, 0.2) is 72.8 Å². The van der Waals surface area contributed by atoms with Crippen LogP contribution in [0.4, 0.5) is 0 Å². The zero-order valence-corrected chi connectivity index (χ0v) is 35.7. The third-order valence-corrected chi connectivity index (χ3v) is 8.65. The predicted molar refractivity (Wildman–Crippen MR) is 215 cm³/mol. The fourth-order valence-corrected chi connectivity index (χ4v) is 4.82. The van der Waals surface area contributed by atoms with Gasteiger partial charge in [0.05, 0.1) is 23.6 Å². The number of thiazole rings is 1. The molecule has 0 saturated carbocycles. The maximum Gasteiger partial charge on any atom is 0.226 e. The highest BCUT2D eigenvalue weighted by Gasteiger charge is 2.18. The van der Waals surface area contributed by atoms with Crippen LogP contribution < -0.4 is 0 Å². The van der Waals surface area contributed by atoms with Crippen LogP contribution >= 0.6 is 11.3 Å². The van der Waals surface area contributed by atoms with Gasteiger partial charge in [-0.2, -0.15) is 0 Å². The molecule has 290 valence electrons. The summed E-state index contributed by atoms with van der Waals surface area (Å²) in [5.74, 6) is 7.68. The molecule has 0 N–H and O–H groups in total. The van der Waals surface area contributed by atoms with E-state index in [0.29, 0.717) is 35.4 Å². The van der Waals surface area contributed by atoms with Gasteiger partial charge in [-0.05, 0) is 24.5 Å². The zero-order valence-electron chi connectivity index (χ0n) is 34.9. The van der Waals surface area contributed by atoms with Crippen LogP contribution in [-0.4, -0.2) is 30.1 Å². The first-order chi connectivity index (χ1) is 24.7. The molecule has 0 fully saturated rings. The normalized spacial score (nSPS) is 11.2. The lowest BCUT2D eigenvalue weighted by atomic mass is 9.94. The van der Waals surface area contributed by atoms with Gasteiger partial charge >= 0.3 is 0 Å². The summed E-state index contributed by atoms with van der Waals surface area (Å²) >= 11 is 1.78. The summed E-state index contributed by atoms with van der Waals surface area (Å²) in [6.07, 6.45) is 8.25. The quantitative estimate of drug-likeness (QED) is 0.168. The molecule has 6 aromatic rings. The van der Waals surface area contributed by atoms with Crippen molar-refractivity contribution < 1.29 is 17.7 Å². The standard InChI is InChI=1S/C12H13NO.2C8H13NO.C8H13NS.C6H10N2O/c1-9(2)11-8-13-12(14-11)10-6-4-3-5-7-10;1-6-9-5-7(10-6)8(2,3)4;1-4-8-9-5-7(10-8)6(2)3;1-6-9-5-7(10-6)8(2,3)4;1-4(2)6-8-7-5(3)9-6/h3-9H,1-2H3;5H,1-4H3;5-6H,4H2,1-3H3;5H,1-4H3;4H,1-3H3. The number of aromatic nitrogens is 6. The Morgan fingerprint density at radius 1 is 0.604 bits per heavy atom. The van der Waals surface area contributed by atoms with Crippen molar-refractivity contribution in [3.63, 3.8) is 0 Å². The zero-order chi connectivity index (χ0) is 39.9. The number of benzene rings is 1. The van der Waals surface area contributed by atoms with Crippen LogP contribution in [0.25, 0.3) is 11.5 Å². The second-order valence-electron chi connectivity index (χ2n) is 15.6. The molecular weight excluding hydrogens is 685 g/mol. The van der Waals surface area contributed by atoms with E-state index in [2.05, 4.69) is 99.4 Å². The number of hydrogen-bond acceptors (Lipinski definition) is 11. The lowest BCUT2D eigenvalue weighted by Crippen LogP contribution is -2.09. The molecule has 6 rings (SSSR count). The molecule has 53 heavy (non-hydrogen) atoms. The van der Waals surface area contributed by atoms with Gasteiger partial charge in [0.2, 0.25) is 17.7 Å². The summed E-state index contributed by atoms with van der Waals surface area (Å²) < 4.78 is 21.5. The number of hydrogen-bond donors (Lipinski definition) is 0. The summed E-state index contributed by atoms with van der Waals surface area (Å²) in [5.41, 5.74) is 1.38. The van der Waals surface area contributed by atoms with Crippen molar-refractivity contribution in [2.75, 3.05) is 0 Å². The topological polar surface area (TPSA) is 130 Å². The average molecular weight is 747 g/mol. The highest BCUT2D eigenvalue weighted by molar-refractivity contribution is 7.11. The fraction of sp³-hybridized carbons (Fsp3) is 0.524. The van der Waals surface area contributed by atoms with Crippen molar-refractivity contribution in [2.24, 2.45) is 0 Å². The Balaban J connectivity index is 0.000000232. The molecule has 0 radical (unpaired) electrons. The van der Waals surface area contributed by atoms with Crippen LogP contribution in [0.5, 0.6) is 0 Å². The van der Waals surface area contributed by atoms with Crippen molar-refractivity contribution >= 4 is 11.3 Å². The van der Waals surface area contributed by atoms with Crippen molar-refractivity contribution in [3.8, 4) is 11.5 Å². The molecule has 5 heterocycles. The van der Waals surface area contributed by atoms with E-state index in [1.165, 1.54) is 4.88 Å². The number of aryl methyl sites for hydroxylation is 4. The second kappa shape index (κ2) is 20.8. The van der Waals surface area contributed by atoms with E-state index >= 15 is 0 Å². The van der Waals surface area contributed by atoms with Crippen LogP contribution in [0.2, 0.25) is 0 Å². The smallest absolute Gasteiger partial charge is 0.226 e. The Morgan fingerprint density at radius 3 is 1.53 bits per heavy atom. The maximum atomic E-state index is 5.62. The van der Waals surface area contributed by atoms with Crippen molar-refractivity contribution in [3.05, 3.63) is 106 Å². The van der Waals surface area contributed by atoms with Crippen LogP contribution in [0.1, 0.15) is 158 Å². The lowest BCUT2D eigenvalue weighted by Gasteiger charge is -2.14. The van der Waals surface area contributed by atoms with Crippen LogP contribution in [-0.2, 0) is 17.3 Å². The van der Waals surface area contributed by atoms with Gasteiger partial charge in [-0.15, -0.1) is 21.5 Å². The van der Waals surface area contributed by atoms with E-state index in [1.54, 1.807) is 30.7 Å². The molecule has 5 aromatic heterocycles. The van der Waals surface area contributed by atoms with Crippen molar-refractivity contribution in [1.29, 1.82) is 0 Å².